The van der Waals surface area contributed by atoms with Gasteiger partial charge in [-0.25, -0.2) is 9.48 Å². The molecule has 0 saturated carbocycles. The van der Waals surface area contributed by atoms with Crippen LogP contribution in [0.4, 0.5) is 29.5 Å². The monoisotopic (exact) mass is 360 g/mol. The molecule has 0 saturated heterocycles. The lowest BCUT2D eigenvalue weighted by Gasteiger charge is -2.11. The lowest BCUT2D eigenvalue weighted by molar-refractivity contribution is -0.137. The summed E-state index contributed by atoms with van der Waals surface area (Å²) >= 11 is 0. The van der Waals surface area contributed by atoms with E-state index >= 15 is 0 Å². The first-order chi connectivity index (χ1) is 12.3. The predicted molar refractivity (Wildman–Crippen MR) is 92.4 cm³/mol. The molecule has 0 aliphatic carbocycles. The van der Waals surface area contributed by atoms with Gasteiger partial charge in [0.1, 0.15) is 5.82 Å². The highest BCUT2D eigenvalue weighted by Gasteiger charge is 2.30. The number of urea groups is 1. The number of hydrogen-bond acceptors (Lipinski definition) is 2. The number of rotatable bonds is 3. The molecule has 3 rings (SSSR count). The normalized spacial score (nSPS) is 11.2. The van der Waals surface area contributed by atoms with Gasteiger partial charge in [0.2, 0.25) is 0 Å². The van der Waals surface area contributed by atoms with E-state index in [4.69, 9.17) is 0 Å². The number of nitrogens with zero attached hydrogens (tertiary/aromatic N) is 2. The Hall–Kier alpha value is -3.29. The molecule has 8 heteroatoms. The number of benzene rings is 2. The van der Waals surface area contributed by atoms with Crippen LogP contribution in [-0.2, 0) is 6.18 Å². The molecule has 0 fully saturated rings. The highest BCUT2D eigenvalue weighted by Crippen LogP contribution is 2.29. The van der Waals surface area contributed by atoms with Crippen LogP contribution in [0, 0.1) is 6.92 Å². The minimum Gasteiger partial charge on any atom is -0.308 e. The van der Waals surface area contributed by atoms with Gasteiger partial charge in [-0.3, -0.25) is 5.32 Å². The first-order valence-corrected chi connectivity index (χ1v) is 7.70. The third-order valence-electron chi connectivity index (χ3n) is 3.54. The number of aryl methyl sites for hydroxylation is 1. The van der Waals surface area contributed by atoms with Gasteiger partial charge in [-0.1, -0.05) is 18.2 Å². The van der Waals surface area contributed by atoms with Gasteiger partial charge in [-0.05, 0) is 43.3 Å². The Balaban J connectivity index is 1.73. The van der Waals surface area contributed by atoms with Crippen LogP contribution >= 0.6 is 0 Å². The summed E-state index contributed by atoms with van der Waals surface area (Å²) in [6.45, 7) is 1.79. The second kappa shape index (κ2) is 6.91. The van der Waals surface area contributed by atoms with Gasteiger partial charge < -0.3 is 5.32 Å². The van der Waals surface area contributed by atoms with Crippen LogP contribution in [0.25, 0.3) is 5.69 Å². The van der Waals surface area contributed by atoms with Crippen LogP contribution < -0.4 is 10.6 Å². The van der Waals surface area contributed by atoms with E-state index in [9.17, 15) is 18.0 Å². The van der Waals surface area contributed by atoms with Crippen molar-refractivity contribution in [3.05, 3.63) is 71.9 Å². The van der Waals surface area contributed by atoms with Crippen LogP contribution in [-0.4, -0.2) is 15.8 Å². The lowest BCUT2D eigenvalue weighted by atomic mass is 10.2. The van der Waals surface area contributed by atoms with Crippen molar-refractivity contribution in [2.24, 2.45) is 0 Å². The first-order valence-electron chi connectivity index (χ1n) is 7.70. The number of nitrogens with one attached hydrogen (secondary N) is 2. The van der Waals surface area contributed by atoms with Crippen molar-refractivity contribution in [1.82, 2.24) is 9.78 Å². The maximum Gasteiger partial charge on any atom is 0.416 e. The van der Waals surface area contributed by atoms with E-state index in [0.717, 1.165) is 17.8 Å². The molecule has 134 valence electrons. The molecule has 0 spiro atoms. The zero-order chi connectivity index (χ0) is 18.7. The Bertz CT molecular complexity index is 902. The summed E-state index contributed by atoms with van der Waals surface area (Å²) in [6.07, 6.45) is -4.42. The Morgan fingerprint density at radius 1 is 1.00 bits per heavy atom. The van der Waals surface area contributed by atoms with E-state index in [-0.39, 0.29) is 5.69 Å². The molecule has 26 heavy (non-hydrogen) atoms. The quantitative estimate of drug-likeness (QED) is 0.702. The summed E-state index contributed by atoms with van der Waals surface area (Å²) in [4.78, 5) is 12.2. The Kier molecular flexibility index (Phi) is 4.66. The van der Waals surface area contributed by atoms with Gasteiger partial charge in [0, 0.05) is 11.8 Å². The summed E-state index contributed by atoms with van der Waals surface area (Å²) in [6, 6.07) is 14.6. The van der Waals surface area contributed by atoms with Crippen molar-refractivity contribution in [3.8, 4) is 5.69 Å². The number of amides is 2. The molecule has 0 aliphatic rings. The second-order valence-corrected chi connectivity index (χ2v) is 5.57. The van der Waals surface area contributed by atoms with Gasteiger partial charge in [-0.2, -0.15) is 18.3 Å². The van der Waals surface area contributed by atoms with Crippen molar-refractivity contribution >= 4 is 17.5 Å². The van der Waals surface area contributed by atoms with Crippen molar-refractivity contribution in [2.45, 2.75) is 13.1 Å². The molecule has 5 nitrogen and oxygen atoms in total. The zero-order valence-electron chi connectivity index (χ0n) is 13.7. The summed E-state index contributed by atoms with van der Waals surface area (Å²) in [5, 5.41) is 9.48. The van der Waals surface area contributed by atoms with Crippen LogP contribution in [0.3, 0.4) is 0 Å². The summed E-state index contributed by atoms with van der Waals surface area (Å²) in [5.41, 5.74) is 0.948. The SMILES string of the molecule is Cc1cc(NC(=O)Nc2ccc(C(F)(F)F)cc2)n(-c2ccccc2)n1. The van der Waals surface area contributed by atoms with E-state index < -0.39 is 17.8 Å². The number of carbonyl (C=O) groups is 1. The number of halogens is 3. The Labute approximate surface area is 147 Å². The number of anilines is 2. The second-order valence-electron chi connectivity index (χ2n) is 5.57. The molecule has 2 aromatic carbocycles. The predicted octanol–water partition coefficient (Wildman–Crippen LogP) is 4.84. The largest absolute Gasteiger partial charge is 0.416 e. The molecule has 1 heterocycles. The minimum absolute atomic E-state index is 0.248. The van der Waals surface area contributed by atoms with E-state index in [1.54, 1.807) is 17.7 Å². The molecule has 0 atom stereocenters. The van der Waals surface area contributed by atoms with Crippen LogP contribution in [0.1, 0.15) is 11.3 Å². The third kappa shape index (κ3) is 4.02. The first kappa shape index (κ1) is 17.5. The van der Waals surface area contributed by atoms with Crippen LogP contribution in [0.2, 0.25) is 0 Å². The average Bonchev–Trinajstić information content (AvgIpc) is 2.95. The molecule has 1 aromatic heterocycles. The van der Waals surface area contributed by atoms with E-state index in [1.165, 1.54) is 12.1 Å². The van der Waals surface area contributed by atoms with Crippen molar-refractivity contribution in [1.29, 1.82) is 0 Å². The molecule has 0 bridgehead atoms. The number of para-hydroxylation sites is 1. The molecule has 0 aliphatic heterocycles. The van der Waals surface area contributed by atoms with Gasteiger partial charge in [0.15, 0.2) is 0 Å². The highest BCUT2D eigenvalue weighted by molar-refractivity contribution is 5.99. The summed E-state index contributed by atoms with van der Waals surface area (Å²) < 4.78 is 39.3. The Morgan fingerprint density at radius 2 is 1.65 bits per heavy atom. The van der Waals surface area contributed by atoms with E-state index in [0.29, 0.717) is 11.5 Å². The van der Waals surface area contributed by atoms with Crippen molar-refractivity contribution < 1.29 is 18.0 Å². The van der Waals surface area contributed by atoms with Crippen molar-refractivity contribution in [3.63, 3.8) is 0 Å². The fourth-order valence-corrected chi connectivity index (χ4v) is 2.38. The fourth-order valence-electron chi connectivity index (χ4n) is 2.38. The van der Waals surface area contributed by atoms with Crippen molar-refractivity contribution in [2.75, 3.05) is 10.6 Å². The van der Waals surface area contributed by atoms with E-state index in [1.807, 2.05) is 30.3 Å². The van der Waals surface area contributed by atoms with Crippen LogP contribution in [0.15, 0.2) is 60.7 Å². The molecule has 3 aromatic rings. The number of carbonyl (C=O) groups excluding carboxylic acids is 1. The number of hydrogen-bond donors (Lipinski definition) is 2. The molecule has 0 unspecified atom stereocenters. The fraction of sp³-hybridized carbons (Fsp3) is 0.111. The van der Waals surface area contributed by atoms with Crippen LogP contribution in [0.5, 0.6) is 0 Å². The smallest absolute Gasteiger partial charge is 0.308 e. The molecule has 2 N–H and O–H groups in total. The zero-order valence-corrected chi connectivity index (χ0v) is 13.7. The summed E-state index contributed by atoms with van der Waals surface area (Å²) in [5.74, 6) is 0.443. The van der Waals surface area contributed by atoms with Gasteiger partial charge in [0.05, 0.1) is 16.9 Å². The Morgan fingerprint density at radius 3 is 2.27 bits per heavy atom. The third-order valence-corrected chi connectivity index (χ3v) is 3.54. The summed E-state index contributed by atoms with van der Waals surface area (Å²) in [7, 11) is 0. The minimum atomic E-state index is -4.42. The number of alkyl halides is 3. The number of aromatic nitrogens is 2. The molecular formula is C18H15F3N4O. The van der Waals surface area contributed by atoms with Gasteiger partial charge >= 0.3 is 12.2 Å². The van der Waals surface area contributed by atoms with E-state index in [2.05, 4.69) is 15.7 Å². The molecule has 0 radical (unpaired) electrons. The average molecular weight is 360 g/mol. The topological polar surface area (TPSA) is 59.0 Å². The lowest BCUT2D eigenvalue weighted by Crippen LogP contribution is -2.21. The standard InChI is InChI=1S/C18H15F3N4O/c1-12-11-16(25(24-12)15-5-3-2-4-6-15)23-17(26)22-14-9-7-13(8-10-14)18(19,20)21/h2-11H,1H3,(H2,22,23,26). The highest BCUT2D eigenvalue weighted by atomic mass is 19.4. The molecule has 2 amide bonds. The van der Waals surface area contributed by atoms with Gasteiger partial charge in [0.25, 0.3) is 0 Å². The van der Waals surface area contributed by atoms with Gasteiger partial charge in [-0.15, -0.1) is 0 Å². The maximum absolute atomic E-state index is 12.6. The maximum atomic E-state index is 12.6. The molecular weight excluding hydrogens is 345 g/mol.